The van der Waals surface area contributed by atoms with Gasteiger partial charge in [0.15, 0.2) is 0 Å². The van der Waals surface area contributed by atoms with Crippen molar-refractivity contribution in [2.24, 2.45) is 5.10 Å². The number of amides is 1. The summed E-state index contributed by atoms with van der Waals surface area (Å²) >= 11 is 0. The van der Waals surface area contributed by atoms with Crippen molar-refractivity contribution in [2.45, 2.75) is 0 Å². The van der Waals surface area contributed by atoms with E-state index in [2.05, 4.69) is 15.5 Å². The molecule has 4 rings (SSSR count). The number of ether oxygens (including phenoxy) is 1. The van der Waals surface area contributed by atoms with E-state index < -0.39 is 18.5 Å². The molecule has 0 aliphatic carbocycles. The first-order valence-electron chi connectivity index (χ1n) is 9.82. The van der Waals surface area contributed by atoms with Crippen LogP contribution in [0.2, 0.25) is 0 Å². The summed E-state index contributed by atoms with van der Waals surface area (Å²) in [5.41, 5.74) is 5.76. The van der Waals surface area contributed by atoms with Gasteiger partial charge in [-0.1, -0.05) is 60.7 Å². The number of hydrazone groups is 1. The molecule has 1 N–H and O–H groups in total. The van der Waals surface area contributed by atoms with Crippen molar-refractivity contribution in [3.63, 3.8) is 0 Å². The molecule has 0 spiro atoms. The van der Waals surface area contributed by atoms with E-state index in [1.165, 1.54) is 6.21 Å². The number of nitrogens with one attached hydrogen (secondary N) is 1. The normalized spacial score (nSPS) is 10.9. The number of nitrogens with zero attached hydrogens (tertiary/aromatic N) is 2. The zero-order chi connectivity index (χ0) is 22.3. The van der Waals surface area contributed by atoms with Crippen LogP contribution in [0.15, 0.2) is 90.0 Å². The SMILES string of the molecule is O=C([O-])COc1ccccc1C=NNC(=O)c1cc(-c2ccccc2)nc2ccccc12. The predicted molar refractivity (Wildman–Crippen MR) is 119 cm³/mol. The van der Waals surface area contributed by atoms with Crippen LogP contribution in [0, 0.1) is 0 Å². The molecule has 7 nitrogen and oxygen atoms in total. The van der Waals surface area contributed by atoms with Crippen molar-refractivity contribution < 1.29 is 19.4 Å². The molecule has 32 heavy (non-hydrogen) atoms. The van der Waals surface area contributed by atoms with E-state index >= 15 is 0 Å². The van der Waals surface area contributed by atoms with Crippen LogP contribution in [0.4, 0.5) is 0 Å². The van der Waals surface area contributed by atoms with E-state index in [9.17, 15) is 14.7 Å². The minimum Gasteiger partial charge on any atom is -0.546 e. The zero-order valence-corrected chi connectivity index (χ0v) is 16.9. The molecule has 158 valence electrons. The minimum absolute atomic E-state index is 0.315. The van der Waals surface area contributed by atoms with Gasteiger partial charge in [-0.05, 0) is 24.3 Å². The van der Waals surface area contributed by atoms with E-state index in [1.807, 2.05) is 54.6 Å². The monoisotopic (exact) mass is 424 g/mol. The number of para-hydroxylation sites is 2. The van der Waals surface area contributed by atoms with Gasteiger partial charge in [0.25, 0.3) is 5.91 Å². The van der Waals surface area contributed by atoms with E-state index in [-0.39, 0.29) is 0 Å². The summed E-state index contributed by atoms with van der Waals surface area (Å²) in [5, 5.41) is 15.4. The molecule has 4 aromatic rings. The van der Waals surface area contributed by atoms with Crippen LogP contribution >= 0.6 is 0 Å². The number of benzene rings is 3. The van der Waals surface area contributed by atoms with E-state index in [4.69, 9.17) is 4.74 Å². The van der Waals surface area contributed by atoms with Crippen LogP contribution in [0.25, 0.3) is 22.2 Å². The standard InChI is InChI=1S/C25H19N3O4/c29-24(30)16-32-23-13-7-4-10-18(23)15-26-28-25(31)20-14-22(17-8-2-1-3-9-17)27-21-12-6-5-11-19(20)21/h1-15H,16H2,(H,28,31)(H,29,30)/p-1. The lowest BCUT2D eigenvalue weighted by Crippen LogP contribution is -2.29. The molecule has 7 heteroatoms. The number of pyridine rings is 1. The highest BCUT2D eigenvalue weighted by Gasteiger charge is 2.13. The number of carboxylic acids is 1. The van der Waals surface area contributed by atoms with Gasteiger partial charge in [0.05, 0.1) is 29.0 Å². The summed E-state index contributed by atoms with van der Waals surface area (Å²) in [6, 6.07) is 25.5. The fourth-order valence-electron chi connectivity index (χ4n) is 3.20. The fraction of sp³-hybridized carbons (Fsp3) is 0.0400. The highest BCUT2D eigenvalue weighted by Crippen LogP contribution is 2.24. The molecule has 0 saturated heterocycles. The molecule has 1 aromatic heterocycles. The largest absolute Gasteiger partial charge is 0.546 e. The lowest BCUT2D eigenvalue weighted by atomic mass is 10.0. The van der Waals surface area contributed by atoms with Gasteiger partial charge in [0.1, 0.15) is 12.4 Å². The maximum atomic E-state index is 13.0. The Morgan fingerprint density at radius 2 is 1.69 bits per heavy atom. The number of carbonyl (C=O) groups excluding carboxylic acids is 2. The summed E-state index contributed by atoms with van der Waals surface area (Å²) in [7, 11) is 0. The first-order chi connectivity index (χ1) is 15.6. The van der Waals surface area contributed by atoms with Gasteiger partial charge >= 0.3 is 0 Å². The second kappa shape index (κ2) is 9.53. The molecule has 1 amide bonds. The second-order valence-corrected chi connectivity index (χ2v) is 6.84. The van der Waals surface area contributed by atoms with Crippen LogP contribution in [0.3, 0.4) is 0 Å². The molecule has 0 atom stereocenters. The Kier molecular flexibility index (Phi) is 6.17. The minimum atomic E-state index is -1.33. The third-order valence-corrected chi connectivity index (χ3v) is 4.66. The average molecular weight is 424 g/mol. The molecular weight excluding hydrogens is 406 g/mol. The molecule has 0 radical (unpaired) electrons. The van der Waals surface area contributed by atoms with Gasteiger partial charge in [-0.3, -0.25) is 4.79 Å². The lowest BCUT2D eigenvalue weighted by molar-refractivity contribution is -0.307. The van der Waals surface area contributed by atoms with Gasteiger partial charge in [-0.25, -0.2) is 10.4 Å². The Morgan fingerprint density at radius 1 is 0.969 bits per heavy atom. The average Bonchev–Trinajstić information content (AvgIpc) is 2.83. The number of rotatable bonds is 7. The maximum absolute atomic E-state index is 13.0. The van der Waals surface area contributed by atoms with E-state index in [0.29, 0.717) is 33.5 Å². The van der Waals surface area contributed by atoms with Gasteiger partial charge in [-0.2, -0.15) is 5.10 Å². The molecule has 0 unspecified atom stereocenters. The molecule has 0 fully saturated rings. The quantitative estimate of drug-likeness (QED) is 0.363. The fourth-order valence-corrected chi connectivity index (χ4v) is 3.20. The van der Waals surface area contributed by atoms with Crippen LogP contribution in [0.5, 0.6) is 5.75 Å². The molecule has 0 saturated carbocycles. The molecule has 0 bridgehead atoms. The molecule has 0 aliphatic rings. The molecule has 3 aromatic carbocycles. The van der Waals surface area contributed by atoms with Crippen molar-refractivity contribution in [1.82, 2.24) is 10.4 Å². The molecular formula is C25H18N3O4-. The van der Waals surface area contributed by atoms with Crippen LogP contribution in [-0.2, 0) is 4.79 Å². The third kappa shape index (κ3) is 4.79. The Bertz CT molecular complexity index is 1300. The Morgan fingerprint density at radius 3 is 2.50 bits per heavy atom. The first-order valence-corrected chi connectivity index (χ1v) is 9.82. The number of fused-ring (bicyclic) bond motifs is 1. The maximum Gasteiger partial charge on any atom is 0.272 e. The zero-order valence-electron chi connectivity index (χ0n) is 16.9. The summed E-state index contributed by atoms with van der Waals surface area (Å²) in [6.07, 6.45) is 1.39. The predicted octanol–water partition coefficient (Wildman–Crippen LogP) is 2.79. The topological polar surface area (TPSA) is 104 Å². The summed E-state index contributed by atoms with van der Waals surface area (Å²) in [6.45, 7) is -0.581. The van der Waals surface area contributed by atoms with Crippen molar-refractivity contribution in [1.29, 1.82) is 0 Å². The van der Waals surface area contributed by atoms with Crippen molar-refractivity contribution in [3.05, 3.63) is 96.1 Å². The number of aromatic nitrogens is 1. The van der Waals surface area contributed by atoms with Gasteiger partial charge < -0.3 is 14.6 Å². The molecule has 1 heterocycles. The van der Waals surface area contributed by atoms with Crippen molar-refractivity contribution in [2.75, 3.05) is 6.61 Å². The number of carboxylic acid groups (broad SMARTS) is 1. The van der Waals surface area contributed by atoms with E-state index in [0.717, 1.165) is 5.56 Å². The third-order valence-electron chi connectivity index (χ3n) is 4.66. The highest BCUT2D eigenvalue weighted by atomic mass is 16.5. The van der Waals surface area contributed by atoms with Crippen LogP contribution < -0.4 is 15.3 Å². The van der Waals surface area contributed by atoms with Crippen LogP contribution in [0.1, 0.15) is 15.9 Å². The Hall–Kier alpha value is -4.52. The highest BCUT2D eigenvalue weighted by molar-refractivity contribution is 6.07. The Labute approximate surface area is 184 Å². The number of hydrogen-bond donors (Lipinski definition) is 1. The molecule has 0 aliphatic heterocycles. The van der Waals surface area contributed by atoms with E-state index in [1.54, 1.807) is 30.3 Å². The van der Waals surface area contributed by atoms with Gasteiger partial charge in [0, 0.05) is 16.5 Å². The second-order valence-electron chi connectivity index (χ2n) is 6.84. The Balaban J connectivity index is 1.60. The first kappa shape index (κ1) is 20.7. The van der Waals surface area contributed by atoms with Crippen LogP contribution in [-0.4, -0.2) is 29.7 Å². The number of carbonyl (C=O) groups is 2. The lowest BCUT2D eigenvalue weighted by Gasteiger charge is -2.10. The smallest absolute Gasteiger partial charge is 0.272 e. The summed E-state index contributed by atoms with van der Waals surface area (Å²) in [5.74, 6) is -1.41. The summed E-state index contributed by atoms with van der Waals surface area (Å²) < 4.78 is 5.19. The van der Waals surface area contributed by atoms with Crippen molar-refractivity contribution in [3.8, 4) is 17.0 Å². The summed E-state index contributed by atoms with van der Waals surface area (Å²) in [4.78, 5) is 28.3. The van der Waals surface area contributed by atoms with Gasteiger partial charge in [0.2, 0.25) is 0 Å². The van der Waals surface area contributed by atoms with Crippen molar-refractivity contribution >= 4 is 29.0 Å². The number of aliphatic carboxylic acids is 1. The number of hydrogen-bond acceptors (Lipinski definition) is 6. The van der Waals surface area contributed by atoms with Gasteiger partial charge in [-0.15, -0.1) is 0 Å².